The maximum Gasteiger partial charge on any atom is 0.270 e. The van der Waals surface area contributed by atoms with E-state index in [9.17, 15) is 24.0 Å². The minimum absolute atomic E-state index is 0.143. The topological polar surface area (TPSA) is 134 Å². The molecular formula is C28H28N4O5. The molecule has 0 aliphatic carbocycles. The number of fused-ring (bicyclic) bond motifs is 1. The second-order valence-corrected chi connectivity index (χ2v) is 9.39. The molecule has 9 nitrogen and oxygen atoms in total. The van der Waals surface area contributed by atoms with E-state index >= 15 is 0 Å². The number of imide groups is 1. The summed E-state index contributed by atoms with van der Waals surface area (Å²) in [7, 11) is 0. The van der Waals surface area contributed by atoms with E-state index in [1.807, 2.05) is 36.4 Å². The van der Waals surface area contributed by atoms with E-state index in [1.165, 1.54) is 0 Å². The maximum absolute atomic E-state index is 13.1. The fraction of sp³-hybridized carbons (Fsp3) is 0.286. The van der Waals surface area contributed by atoms with Gasteiger partial charge in [-0.15, -0.1) is 0 Å². The van der Waals surface area contributed by atoms with Crippen LogP contribution in [0.3, 0.4) is 0 Å². The van der Waals surface area contributed by atoms with Crippen LogP contribution in [0.15, 0.2) is 66.7 Å². The summed E-state index contributed by atoms with van der Waals surface area (Å²) < 4.78 is 0. The number of para-hydroxylation sites is 1. The van der Waals surface area contributed by atoms with E-state index in [4.69, 9.17) is 0 Å². The van der Waals surface area contributed by atoms with Crippen molar-refractivity contribution in [1.29, 1.82) is 0 Å². The average Bonchev–Trinajstić information content (AvgIpc) is 3.24. The third kappa shape index (κ3) is 6.06. The Bertz CT molecular complexity index is 1350. The van der Waals surface area contributed by atoms with E-state index in [2.05, 4.69) is 20.9 Å². The molecule has 1 fully saturated rings. The molecule has 1 unspecified atom stereocenters. The first-order valence-electron chi connectivity index (χ1n) is 12.1. The van der Waals surface area contributed by atoms with Crippen molar-refractivity contribution in [2.24, 2.45) is 11.8 Å². The second-order valence-electron chi connectivity index (χ2n) is 9.39. The van der Waals surface area contributed by atoms with Crippen molar-refractivity contribution in [2.75, 3.05) is 0 Å². The van der Waals surface area contributed by atoms with Crippen LogP contribution in [0.25, 0.3) is 10.9 Å². The van der Waals surface area contributed by atoms with Crippen molar-refractivity contribution < 1.29 is 24.0 Å². The van der Waals surface area contributed by atoms with Crippen LogP contribution in [0.2, 0.25) is 0 Å². The molecule has 4 amide bonds. The van der Waals surface area contributed by atoms with Gasteiger partial charge in [-0.25, -0.2) is 4.98 Å². The number of hydrogen-bond donors (Lipinski definition) is 3. The predicted octanol–water partition coefficient (Wildman–Crippen LogP) is 2.47. The van der Waals surface area contributed by atoms with Crippen molar-refractivity contribution in [2.45, 2.75) is 38.8 Å². The third-order valence-electron chi connectivity index (χ3n) is 6.33. The number of aromatic nitrogens is 1. The first-order valence-corrected chi connectivity index (χ1v) is 12.1. The zero-order chi connectivity index (χ0) is 26.5. The standard InChI is InChI=1S/C28H28N4O5/c1-16(2)25(26(35)19-14-23(33)32-27(19)36)31-24(34)15-22(17-8-4-3-5-9-17)30-28(37)21-13-12-18-10-6-7-11-20(18)29-21/h3-13,16,19,22,25H,14-15H2,1-2H3,(H,30,37)(H,31,34)(H,32,33,36)/t19-,22?,25-/m1/s1. The molecule has 4 rings (SSSR count). The Labute approximate surface area is 214 Å². The number of benzene rings is 2. The number of rotatable bonds is 9. The molecule has 2 aromatic carbocycles. The molecule has 37 heavy (non-hydrogen) atoms. The van der Waals surface area contributed by atoms with E-state index in [0.717, 1.165) is 5.39 Å². The van der Waals surface area contributed by atoms with Crippen LogP contribution in [0.4, 0.5) is 0 Å². The van der Waals surface area contributed by atoms with Gasteiger partial charge < -0.3 is 10.6 Å². The van der Waals surface area contributed by atoms with Gasteiger partial charge in [0.05, 0.1) is 24.0 Å². The van der Waals surface area contributed by atoms with E-state index in [-0.39, 0.29) is 24.5 Å². The Morgan fingerprint density at radius 3 is 2.32 bits per heavy atom. The highest BCUT2D eigenvalue weighted by Crippen LogP contribution is 2.21. The third-order valence-corrected chi connectivity index (χ3v) is 6.33. The first kappa shape index (κ1) is 25.7. The molecule has 3 N–H and O–H groups in total. The zero-order valence-corrected chi connectivity index (χ0v) is 20.6. The van der Waals surface area contributed by atoms with Crippen molar-refractivity contribution in [3.63, 3.8) is 0 Å². The largest absolute Gasteiger partial charge is 0.346 e. The van der Waals surface area contributed by atoms with Crippen molar-refractivity contribution in [3.8, 4) is 0 Å². The molecule has 1 saturated heterocycles. The second kappa shape index (κ2) is 11.1. The van der Waals surface area contributed by atoms with Crippen LogP contribution >= 0.6 is 0 Å². The Balaban J connectivity index is 1.50. The van der Waals surface area contributed by atoms with Gasteiger partial charge in [-0.05, 0) is 23.6 Å². The lowest BCUT2D eigenvalue weighted by atomic mass is 9.89. The number of hydrogen-bond acceptors (Lipinski definition) is 6. The van der Waals surface area contributed by atoms with Crippen LogP contribution in [0.5, 0.6) is 0 Å². The van der Waals surface area contributed by atoms with Gasteiger partial charge in [0.1, 0.15) is 11.6 Å². The van der Waals surface area contributed by atoms with Gasteiger partial charge in [0, 0.05) is 11.8 Å². The molecular weight excluding hydrogens is 472 g/mol. The molecule has 0 saturated carbocycles. The summed E-state index contributed by atoms with van der Waals surface area (Å²) in [6, 6.07) is 18.3. The molecule has 2 heterocycles. The summed E-state index contributed by atoms with van der Waals surface area (Å²) in [4.78, 5) is 67.2. The molecule has 0 radical (unpaired) electrons. The molecule has 9 heteroatoms. The number of pyridine rings is 1. The highest BCUT2D eigenvalue weighted by atomic mass is 16.2. The van der Waals surface area contributed by atoms with Gasteiger partial charge in [0.15, 0.2) is 5.78 Å². The first-order chi connectivity index (χ1) is 17.7. The SMILES string of the molecule is CC(C)[C@@H](NC(=O)CC(NC(=O)c1ccc2ccccc2n1)c1ccccc1)C(=O)[C@H]1CC(=O)NC1=O. The summed E-state index contributed by atoms with van der Waals surface area (Å²) in [5.74, 6) is -4.01. The summed E-state index contributed by atoms with van der Waals surface area (Å²) >= 11 is 0. The zero-order valence-electron chi connectivity index (χ0n) is 20.6. The normalized spacial score (nSPS) is 16.8. The quantitative estimate of drug-likeness (QED) is 0.305. The van der Waals surface area contributed by atoms with Gasteiger partial charge in [0.2, 0.25) is 17.7 Å². The molecule has 3 atom stereocenters. The van der Waals surface area contributed by atoms with Crippen molar-refractivity contribution >= 4 is 40.3 Å². The summed E-state index contributed by atoms with van der Waals surface area (Å²) in [6.45, 7) is 3.50. The van der Waals surface area contributed by atoms with Crippen LogP contribution in [-0.2, 0) is 19.2 Å². The monoisotopic (exact) mass is 500 g/mol. The molecule has 3 aromatic rings. The van der Waals surface area contributed by atoms with Crippen LogP contribution in [0.1, 0.15) is 48.8 Å². The van der Waals surface area contributed by atoms with Crippen LogP contribution in [0, 0.1) is 11.8 Å². The van der Waals surface area contributed by atoms with Gasteiger partial charge in [0.25, 0.3) is 5.91 Å². The average molecular weight is 501 g/mol. The molecule has 1 aliphatic rings. The molecule has 0 spiro atoms. The summed E-state index contributed by atoms with van der Waals surface area (Å²) in [5.41, 5.74) is 1.60. The number of carbonyl (C=O) groups excluding carboxylic acids is 5. The van der Waals surface area contributed by atoms with Gasteiger partial charge >= 0.3 is 0 Å². The van der Waals surface area contributed by atoms with Crippen LogP contribution < -0.4 is 16.0 Å². The number of amides is 4. The van der Waals surface area contributed by atoms with Gasteiger partial charge in [-0.2, -0.15) is 0 Å². The summed E-state index contributed by atoms with van der Waals surface area (Å²) in [5, 5.41) is 8.64. The Hall–Kier alpha value is -4.40. The molecule has 1 aromatic heterocycles. The smallest absolute Gasteiger partial charge is 0.270 e. The lowest BCUT2D eigenvalue weighted by Crippen LogP contribution is -2.49. The highest BCUT2D eigenvalue weighted by molar-refractivity contribution is 6.15. The fourth-order valence-corrected chi connectivity index (χ4v) is 4.35. The van der Waals surface area contributed by atoms with E-state index in [1.54, 1.807) is 44.2 Å². The number of carbonyl (C=O) groups is 5. The molecule has 0 bridgehead atoms. The predicted molar refractivity (Wildman–Crippen MR) is 136 cm³/mol. The Morgan fingerprint density at radius 2 is 1.65 bits per heavy atom. The number of Topliss-reactive ketones (excluding diaryl/α,β-unsaturated/α-hetero) is 1. The lowest BCUT2D eigenvalue weighted by Gasteiger charge is -2.25. The minimum atomic E-state index is -1.12. The lowest BCUT2D eigenvalue weighted by molar-refractivity contribution is -0.136. The Kier molecular flexibility index (Phi) is 7.71. The van der Waals surface area contributed by atoms with Crippen LogP contribution in [-0.4, -0.2) is 40.4 Å². The van der Waals surface area contributed by atoms with Gasteiger partial charge in [-0.3, -0.25) is 29.3 Å². The number of nitrogens with zero attached hydrogens (tertiary/aromatic N) is 1. The van der Waals surface area contributed by atoms with E-state index < -0.39 is 47.4 Å². The van der Waals surface area contributed by atoms with Crippen molar-refractivity contribution in [3.05, 3.63) is 78.0 Å². The number of nitrogens with one attached hydrogen (secondary N) is 3. The minimum Gasteiger partial charge on any atom is -0.346 e. The summed E-state index contributed by atoms with van der Waals surface area (Å²) in [6.07, 6.45) is -0.367. The van der Waals surface area contributed by atoms with E-state index in [0.29, 0.717) is 11.1 Å². The molecule has 1 aliphatic heterocycles. The van der Waals surface area contributed by atoms with Crippen molar-refractivity contribution in [1.82, 2.24) is 20.9 Å². The highest BCUT2D eigenvalue weighted by Gasteiger charge is 2.41. The maximum atomic E-state index is 13.1. The number of ketones is 1. The Morgan fingerprint density at radius 1 is 0.946 bits per heavy atom. The molecule has 190 valence electrons. The fourth-order valence-electron chi connectivity index (χ4n) is 4.35. The van der Waals surface area contributed by atoms with Gasteiger partial charge in [-0.1, -0.05) is 68.4 Å².